The van der Waals surface area contributed by atoms with E-state index < -0.39 is 0 Å². The molecule has 0 bridgehead atoms. The van der Waals surface area contributed by atoms with Crippen molar-refractivity contribution in [1.29, 1.82) is 0 Å². The molecule has 12 heteroatoms. The van der Waals surface area contributed by atoms with Gasteiger partial charge in [-0.2, -0.15) is 0 Å². The number of rotatable bonds is 14. The summed E-state index contributed by atoms with van der Waals surface area (Å²) in [7, 11) is 6.67. The Hall–Kier alpha value is -6.56. The predicted molar refractivity (Wildman–Crippen MR) is 221 cm³/mol. The van der Waals surface area contributed by atoms with E-state index in [1.54, 1.807) is 55.4 Å². The number of carbonyl (C=O) groups is 2. The van der Waals surface area contributed by atoms with Crippen LogP contribution in [0.3, 0.4) is 0 Å². The third-order valence-corrected chi connectivity index (χ3v) is 10.7. The molecule has 4 heterocycles. The van der Waals surface area contributed by atoms with Gasteiger partial charge in [-0.15, -0.1) is 0 Å². The number of hydrogen-bond acceptors (Lipinski definition) is 10. The Kier molecular flexibility index (Phi) is 10.7. The average Bonchev–Trinajstić information content (AvgIpc) is 3.83. The smallest absolute Gasteiger partial charge is 0.260 e. The second-order valence-electron chi connectivity index (χ2n) is 14.2. The van der Waals surface area contributed by atoms with Gasteiger partial charge in [-0.1, -0.05) is 24.3 Å². The lowest BCUT2D eigenvalue weighted by atomic mass is 10.0. The maximum absolute atomic E-state index is 13.7. The SMILES string of the molecule is CNc1ccc(C2=CN3C(=O)c4cc(OC)c(OCCCCCOc5cc6c(cc5OC)C(=O)N5C=C(c7ccc(OC)cc7)CC5C=N6)cc4N=CC3C2)cc1. The Bertz CT molecular complexity index is 2140. The van der Waals surface area contributed by atoms with Gasteiger partial charge in [0, 0.05) is 62.5 Å². The van der Waals surface area contributed by atoms with Crippen LogP contribution in [0.15, 0.2) is 95.2 Å². The number of ether oxygens (including phenoxy) is 5. The van der Waals surface area contributed by atoms with E-state index in [0.29, 0.717) is 71.6 Å². The van der Waals surface area contributed by atoms with Crippen LogP contribution in [0.4, 0.5) is 17.1 Å². The summed E-state index contributed by atoms with van der Waals surface area (Å²) in [6.45, 7) is 0.898. The van der Waals surface area contributed by atoms with Crippen LogP contribution in [-0.2, 0) is 0 Å². The second-order valence-corrected chi connectivity index (χ2v) is 14.2. The molecule has 4 aliphatic rings. The van der Waals surface area contributed by atoms with Gasteiger partial charge in [0.25, 0.3) is 11.8 Å². The number of carbonyl (C=O) groups excluding carboxylic acids is 2. The number of unbranched alkanes of at least 4 members (excludes halogenated alkanes) is 2. The van der Waals surface area contributed by atoms with Crippen LogP contribution in [0.5, 0.6) is 28.7 Å². The number of benzene rings is 4. The number of nitrogens with zero attached hydrogens (tertiary/aromatic N) is 4. The minimum atomic E-state index is -0.183. The van der Waals surface area contributed by atoms with Crippen LogP contribution in [-0.4, -0.2) is 87.7 Å². The van der Waals surface area contributed by atoms with Gasteiger partial charge in [-0.25, -0.2) is 0 Å². The van der Waals surface area contributed by atoms with Crippen molar-refractivity contribution in [1.82, 2.24) is 9.80 Å². The van der Waals surface area contributed by atoms with Gasteiger partial charge in [-0.3, -0.25) is 19.6 Å². The van der Waals surface area contributed by atoms with E-state index in [-0.39, 0.29) is 23.9 Å². The number of aliphatic imine (C=N–C) groups is 2. The molecular formula is C45H45N5O7. The fourth-order valence-corrected chi connectivity index (χ4v) is 7.54. The lowest BCUT2D eigenvalue weighted by Crippen LogP contribution is -2.32. The third kappa shape index (κ3) is 7.54. The van der Waals surface area contributed by atoms with Gasteiger partial charge >= 0.3 is 0 Å². The first-order chi connectivity index (χ1) is 27.9. The third-order valence-electron chi connectivity index (χ3n) is 10.7. The molecule has 2 unspecified atom stereocenters. The molecule has 4 aromatic rings. The van der Waals surface area contributed by atoms with Gasteiger partial charge in [0.05, 0.1) is 69.1 Å². The summed E-state index contributed by atoms with van der Waals surface area (Å²) in [4.78, 5) is 40.4. The van der Waals surface area contributed by atoms with Crippen molar-refractivity contribution in [3.8, 4) is 28.7 Å². The van der Waals surface area contributed by atoms with Gasteiger partial charge < -0.3 is 38.8 Å². The van der Waals surface area contributed by atoms with E-state index in [0.717, 1.165) is 53.0 Å². The lowest BCUT2D eigenvalue weighted by molar-refractivity contribution is 0.0809. The van der Waals surface area contributed by atoms with Crippen molar-refractivity contribution >= 4 is 52.5 Å². The summed E-state index contributed by atoms with van der Waals surface area (Å²) in [6, 6.07) is 22.7. The minimum absolute atomic E-state index is 0.124. The highest BCUT2D eigenvalue weighted by Crippen LogP contribution is 2.42. The summed E-state index contributed by atoms with van der Waals surface area (Å²) in [5, 5.41) is 3.14. The molecule has 4 aromatic carbocycles. The molecule has 0 saturated heterocycles. The number of amides is 2. The first-order valence-electron chi connectivity index (χ1n) is 19.1. The molecule has 0 aromatic heterocycles. The largest absolute Gasteiger partial charge is 0.497 e. The molecule has 0 spiro atoms. The maximum Gasteiger partial charge on any atom is 0.260 e. The van der Waals surface area contributed by atoms with Crippen molar-refractivity contribution in [2.45, 2.75) is 44.2 Å². The minimum Gasteiger partial charge on any atom is -0.497 e. The van der Waals surface area contributed by atoms with E-state index in [4.69, 9.17) is 33.7 Å². The Balaban J connectivity index is 0.846. The molecule has 0 radical (unpaired) electrons. The zero-order chi connectivity index (χ0) is 39.5. The number of anilines is 1. The van der Waals surface area contributed by atoms with Crippen LogP contribution >= 0.6 is 0 Å². The van der Waals surface area contributed by atoms with Crippen molar-refractivity contribution in [2.24, 2.45) is 9.98 Å². The molecule has 0 saturated carbocycles. The molecule has 57 heavy (non-hydrogen) atoms. The topological polar surface area (TPSA) is 124 Å². The number of nitrogens with one attached hydrogen (secondary N) is 1. The fourth-order valence-electron chi connectivity index (χ4n) is 7.54. The Morgan fingerprint density at radius 3 is 1.53 bits per heavy atom. The zero-order valence-electron chi connectivity index (χ0n) is 32.5. The second kappa shape index (κ2) is 16.3. The van der Waals surface area contributed by atoms with Crippen molar-refractivity contribution < 1.29 is 33.3 Å². The van der Waals surface area contributed by atoms with Gasteiger partial charge in [0.15, 0.2) is 23.0 Å². The van der Waals surface area contributed by atoms with Crippen LogP contribution in [0.1, 0.15) is 63.9 Å². The highest BCUT2D eigenvalue weighted by atomic mass is 16.5. The summed E-state index contributed by atoms with van der Waals surface area (Å²) in [5.41, 5.74) is 7.35. The molecule has 2 amide bonds. The average molecular weight is 768 g/mol. The quantitative estimate of drug-likeness (QED) is 0.127. The van der Waals surface area contributed by atoms with Crippen LogP contribution < -0.4 is 29.0 Å². The van der Waals surface area contributed by atoms with E-state index >= 15 is 0 Å². The number of hydrogen-bond donors (Lipinski definition) is 1. The van der Waals surface area contributed by atoms with Gasteiger partial charge in [0.1, 0.15) is 5.75 Å². The monoisotopic (exact) mass is 767 g/mol. The Labute approximate surface area is 332 Å². The predicted octanol–water partition coefficient (Wildman–Crippen LogP) is 8.33. The highest BCUT2D eigenvalue weighted by molar-refractivity contribution is 6.06. The first kappa shape index (κ1) is 37.4. The summed E-state index contributed by atoms with van der Waals surface area (Å²) in [6.07, 6.45) is 11.3. The van der Waals surface area contributed by atoms with E-state index in [9.17, 15) is 9.59 Å². The standard InChI is InChI=1S/C45H45N5O7/c1-46-32-12-8-28(9-13-32)30-18-33-24-47-38-22-42(40(54-3)20-36(38)44(51)49(33)26-30)56-16-6-5-7-17-57-43-23-39-37(21-41(43)55-4)45(52)50-27-31(19-34(50)25-48-39)29-10-14-35(53-2)15-11-29/h8-15,20-27,33-34,46H,5-7,16-19H2,1-4H3. The molecule has 8 rings (SSSR count). The number of methoxy groups -OCH3 is 3. The molecule has 2 atom stereocenters. The molecule has 1 N–H and O–H groups in total. The summed E-state index contributed by atoms with van der Waals surface area (Å²) >= 11 is 0. The van der Waals surface area contributed by atoms with E-state index in [1.807, 2.05) is 68.3 Å². The van der Waals surface area contributed by atoms with Crippen LogP contribution in [0.25, 0.3) is 11.1 Å². The molecule has 12 nitrogen and oxygen atoms in total. The van der Waals surface area contributed by atoms with E-state index in [2.05, 4.69) is 17.4 Å². The van der Waals surface area contributed by atoms with Gasteiger partial charge in [-0.05, 0) is 77.9 Å². The number of fused-ring (bicyclic) bond motifs is 4. The normalized spacial score (nSPS) is 17.8. The van der Waals surface area contributed by atoms with Crippen molar-refractivity contribution in [3.63, 3.8) is 0 Å². The first-order valence-corrected chi connectivity index (χ1v) is 19.1. The molecule has 292 valence electrons. The lowest BCUT2D eigenvalue weighted by Gasteiger charge is -2.19. The van der Waals surface area contributed by atoms with Crippen LogP contribution in [0, 0.1) is 0 Å². The molecular weight excluding hydrogens is 723 g/mol. The Morgan fingerprint density at radius 1 is 0.614 bits per heavy atom. The molecule has 0 aliphatic carbocycles. The van der Waals surface area contributed by atoms with E-state index in [1.165, 1.54) is 0 Å². The van der Waals surface area contributed by atoms with Gasteiger partial charge in [0.2, 0.25) is 0 Å². The Morgan fingerprint density at radius 2 is 1.09 bits per heavy atom. The summed E-state index contributed by atoms with van der Waals surface area (Å²) in [5.74, 6) is 2.56. The molecule has 4 aliphatic heterocycles. The highest BCUT2D eigenvalue weighted by Gasteiger charge is 2.35. The summed E-state index contributed by atoms with van der Waals surface area (Å²) < 4.78 is 28.9. The van der Waals surface area contributed by atoms with Crippen molar-refractivity contribution in [2.75, 3.05) is 46.9 Å². The van der Waals surface area contributed by atoms with Crippen molar-refractivity contribution in [3.05, 3.63) is 107 Å². The van der Waals surface area contributed by atoms with Crippen LogP contribution in [0.2, 0.25) is 0 Å². The molecule has 0 fully saturated rings. The fraction of sp³-hybridized carbons (Fsp3) is 0.289. The zero-order valence-corrected chi connectivity index (χ0v) is 32.5. The maximum atomic E-state index is 13.7.